The van der Waals surface area contributed by atoms with E-state index in [2.05, 4.69) is 38.1 Å². The fraction of sp³-hybridized carbons (Fsp3) is 0.600. The van der Waals surface area contributed by atoms with Crippen LogP contribution in [-0.2, 0) is 4.74 Å². The number of nitrogens with two attached hydrogens (primary N) is 1. The number of nitrogens with zero attached hydrogens (tertiary/aromatic N) is 2. The summed E-state index contributed by atoms with van der Waals surface area (Å²) >= 11 is 3.28. The van der Waals surface area contributed by atoms with E-state index in [9.17, 15) is 0 Å². The Bertz CT molecular complexity index is 308. The molecule has 0 spiro atoms. The Kier molecular flexibility index (Phi) is 5.48. The number of methoxy groups -OCH3 is 1. The van der Waals surface area contributed by atoms with Crippen LogP contribution in [0.15, 0.2) is 10.7 Å². The summed E-state index contributed by atoms with van der Waals surface area (Å²) in [5.74, 6) is 0.972. The zero-order valence-corrected chi connectivity index (χ0v) is 11.1. The molecule has 1 aromatic heterocycles. The molecule has 0 saturated heterocycles. The third-order valence-electron chi connectivity index (χ3n) is 2.05. The van der Waals surface area contributed by atoms with Crippen molar-refractivity contribution in [3.63, 3.8) is 0 Å². The molecule has 16 heavy (non-hydrogen) atoms. The van der Waals surface area contributed by atoms with Gasteiger partial charge in [-0.2, -0.15) is 4.98 Å². The maximum Gasteiger partial charge on any atom is 0.226 e. The van der Waals surface area contributed by atoms with Crippen molar-refractivity contribution >= 4 is 27.7 Å². The zero-order chi connectivity index (χ0) is 12.0. The lowest BCUT2D eigenvalue weighted by molar-refractivity contribution is 0.182. The van der Waals surface area contributed by atoms with Gasteiger partial charge in [-0.05, 0) is 22.4 Å². The smallest absolute Gasteiger partial charge is 0.226 e. The number of ether oxygens (including phenoxy) is 1. The van der Waals surface area contributed by atoms with Gasteiger partial charge in [-0.15, -0.1) is 0 Å². The van der Waals surface area contributed by atoms with Crippen LogP contribution in [0, 0.1) is 0 Å². The van der Waals surface area contributed by atoms with Crippen molar-refractivity contribution in [2.24, 2.45) is 0 Å². The van der Waals surface area contributed by atoms with Gasteiger partial charge in [0.05, 0.1) is 12.6 Å². The van der Waals surface area contributed by atoms with Crippen molar-refractivity contribution < 1.29 is 4.74 Å². The number of halogens is 1. The third kappa shape index (κ3) is 4.32. The van der Waals surface area contributed by atoms with Gasteiger partial charge in [0.25, 0.3) is 0 Å². The molecule has 0 aliphatic carbocycles. The minimum Gasteiger partial charge on any atom is -0.383 e. The highest BCUT2D eigenvalue weighted by Crippen LogP contribution is 2.14. The van der Waals surface area contributed by atoms with Gasteiger partial charge in [-0.3, -0.25) is 0 Å². The highest BCUT2D eigenvalue weighted by Gasteiger charge is 2.09. The van der Waals surface area contributed by atoms with Crippen molar-refractivity contribution in [2.45, 2.75) is 25.8 Å². The van der Waals surface area contributed by atoms with Crippen LogP contribution in [0.2, 0.25) is 0 Å². The zero-order valence-electron chi connectivity index (χ0n) is 9.53. The lowest BCUT2D eigenvalue weighted by atomic mass is 10.2. The van der Waals surface area contributed by atoms with Crippen molar-refractivity contribution in [2.75, 3.05) is 24.8 Å². The number of nitrogens with one attached hydrogen (secondary N) is 1. The molecule has 1 aromatic rings. The van der Waals surface area contributed by atoms with E-state index in [4.69, 9.17) is 10.5 Å². The Balaban J connectivity index is 2.68. The molecule has 0 aliphatic rings. The van der Waals surface area contributed by atoms with E-state index in [1.54, 1.807) is 13.2 Å². The molecule has 1 unspecified atom stereocenters. The first kappa shape index (κ1) is 13.2. The molecular formula is C10H17BrN4O. The lowest BCUT2D eigenvalue weighted by Gasteiger charge is -2.17. The van der Waals surface area contributed by atoms with E-state index >= 15 is 0 Å². The van der Waals surface area contributed by atoms with Crippen LogP contribution in [0.4, 0.5) is 11.8 Å². The normalized spacial score (nSPS) is 12.4. The summed E-state index contributed by atoms with van der Waals surface area (Å²) in [5, 5.41) is 3.21. The SMILES string of the molecule is CCCC(COC)Nc1nc(N)cc(Br)n1. The lowest BCUT2D eigenvalue weighted by Crippen LogP contribution is -2.26. The van der Waals surface area contributed by atoms with E-state index in [1.165, 1.54) is 0 Å². The van der Waals surface area contributed by atoms with Gasteiger partial charge in [0.15, 0.2) is 0 Å². The molecule has 90 valence electrons. The van der Waals surface area contributed by atoms with Gasteiger partial charge in [0.1, 0.15) is 10.4 Å². The van der Waals surface area contributed by atoms with Crippen molar-refractivity contribution in [3.05, 3.63) is 10.7 Å². The number of hydrogen-bond acceptors (Lipinski definition) is 5. The van der Waals surface area contributed by atoms with Crippen LogP contribution < -0.4 is 11.1 Å². The van der Waals surface area contributed by atoms with E-state index in [1.807, 2.05) is 0 Å². The Morgan fingerprint density at radius 1 is 1.56 bits per heavy atom. The third-order valence-corrected chi connectivity index (χ3v) is 2.46. The predicted octanol–water partition coefficient (Wildman–Crippen LogP) is 2.05. The Morgan fingerprint density at radius 3 is 2.88 bits per heavy atom. The second-order valence-electron chi connectivity index (χ2n) is 3.52. The summed E-state index contributed by atoms with van der Waals surface area (Å²) in [6.07, 6.45) is 2.08. The predicted molar refractivity (Wildman–Crippen MR) is 68.3 cm³/mol. The molecule has 1 heterocycles. The fourth-order valence-corrected chi connectivity index (χ4v) is 1.83. The number of anilines is 2. The van der Waals surface area contributed by atoms with Crippen LogP contribution in [0.5, 0.6) is 0 Å². The number of nitrogen functional groups attached to an aromatic ring is 1. The first-order valence-electron chi connectivity index (χ1n) is 5.21. The molecule has 0 fully saturated rings. The Labute approximate surface area is 104 Å². The van der Waals surface area contributed by atoms with Crippen molar-refractivity contribution in [1.82, 2.24) is 9.97 Å². The average molecular weight is 289 g/mol. The monoisotopic (exact) mass is 288 g/mol. The van der Waals surface area contributed by atoms with Gasteiger partial charge >= 0.3 is 0 Å². The van der Waals surface area contributed by atoms with Gasteiger partial charge in [-0.1, -0.05) is 13.3 Å². The van der Waals surface area contributed by atoms with Crippen molar-refractivity contribution in [3.8, 4) is 0 Å². The fourth-order valence-electron chi connectivity index (χ4n) is 1.43. The summed E-state index contributed by atoms with van der Waals surface area (Å²) in [7, 11) is 1.68. The van der Waals surface area contributed by atoms with Gasteiger partial charge in [0.2, 0.25) is 5.95 Å². The van der Waals surface area contributed by atoms with Gasteiger partial charge < -0.3 is 15.8 Å². The molecule has 3 N–H and O–H groups in total. The van der Waals surface area contributed by atoms with E-state index in [0.717, 1.165) is 12.8 Å². The molecular weight excluding hydrogens is 272 g/mol. The molecule has 5 nitrogen and oxygen atoms in total. The Hall–Kier alpha value is -0.880. The van der Waals surface area contributed by atoms with E-state index in [-0.39, 0.29) is 6.04 Å². The minimum absolute atomic E-state index is 0.212. The van der Waals surface area contributed by atoms with Crippen molar-refractivity contribution in [1.29, 1.82) is 0 Å². The van der Waals surface area contributed by atoms with E-state index < -0.39 is 0 Å². The van der Waals surface area contributed by atoms with Gasteiger partial charge in [0, 0.05) is 13.2 Å². The minimum atomic E-state index is 0.212. The molecule has 0 bridgehead atoms. The Morgan fingerprint density at radius 2 is 2.31 bits per heavy atom. The molecule has 6 heteroatoms. The molecule has 0 aromatic carbocycles. The maximum atomic E-state index is 5.63. The van der Waals surface area contributed by atoms with Gasteiger partial charge in [-0.25, -0.2) is 4.98 Å². The first-order chi connectivity index (χ1) is 7.65. The molecule has 0 aliphatic heterocycles. The second kappa shape index (κ2) is 6.65. The van der Waals surface area contributed by atoms with E-state index in [0.29, 0.717) is 23.0 Å². The standard InChI is InChI=1S/C10H17BrN4O/c1-3-4-7(6-16-2)13-10-14-8(11)5-9(12)15-10/h5,7H,3-4,6H2,1-2H3,(H3,12,13,14,15). The average Bonchev–Trinajstić information content (AvgIpc) is 2.16. The van der Waals surface area contributed by atoms with Crippen LogP contribution >= 0.6 is 15.9 Å². The van der Waals surface area contributed by atoms with Crippen LogP contribution in [0.25, 0.3) is 0 Å². The molecule has 0 saturated carbocycles. The highest BCUT2D eigenvalue weighted by atomic mass is 79.9. The first-order valence-corrected chi connectivity index (χ1v) is 6.00. The topological polar surface area (TPSA) is 73.1 Å². The summed E-state index contributed by atoms with van der Waals surface area (Å²) in [5.41, 5.74) is 5.63. The summed E-state index contributed by atoms with van der Waals surface area (Å²) in [6.45, 7) is 2.75. The highest BCUT2D eigenvalue weighted by molar-refractivity contribution is 9.10. The van der Waals surface area contributed by atoms with Crippen LogP contribution in [-0.4, -0.2) is 29.7 Å². The summed E-state index contributed by atoms with van der Waals surface area (Å²) in [6, 6.07) is 1.87. The quantitative estimate of drug-likeness (QED) is 0.784. The molecule has 1 atom stereocenters. The second-order valence-corrected chi connectivity index (χ2v) is 4.34. The summed E-state index contributed by atoms with van der Waals surface area (Å²) in [4.78, 5) is 8.31. The molecule has 0 amide bonds. The van der Waals surface area contributed by atoms with Crippen LogP contribution in [0.3, 0.4) is 0 Å². The molecule has 0 radical (unpaired) electrons. The number of rotatable bonds is 6. The summed E-state index contributed by atoms with van der Waals surface area (Å²) < 4.78 is 5.80. The maximum absolute atomic E-state index is 5.63. The number of hydrogen-bond donors (Lipinski definition) is 2. The van der Waals surface area contributed by atoms with Crippen LogP contribution in [0.1, 0.15) is 19.8 Å². The number of aromatic nitrogens is 2. The molecule has 1 rings (SSSR count). The largest absolute Gasteiger partial charge is 0.383 e.